The van der Waals surface area contributed by atoms with Crippen LogP contribution in [0.15, 0.2) is 23.1 Å². The Hall–Kier alpha value is -1.42. The largest absolute Gasteiger partial charge is 0.384 e. The highest BCUT2D eigenvalue weighted by Gasteiger charge is 2.32. The van der Waals surface area contributed by atoms with E-state index >= 15 is 0 Å². The number of nitrogens with zero attached hydrogens (tertiary/aromatic N) is 1. The van der Waals surface area contributed by atoms with Crippen molar-refractivity contribution in [1.82, 2.24) is 4.31 Å². The fourth-order valence-electron chi connectivity index (χ4n) is 2.29. The lowest BCUT2D eigenvalue weighted by Crippen LogP contribution is -2.33. The molecule has 0 saturated carbocycles. The first kappa shape index (κ1) is 15.0. The summed E-state index contributed by atoms with van der Waals surface area (Å²) in [5.74, 6) is 4.07. The monoisotopic (exact) mass is 297 g/mol. The van der Waals surface area contributed by atoms with Crippen molar-refractivity contribution in [3.8, 4) is 11.8 Å². The molecular weight excluding hydrogens is 281 g/mol. The molecule has 0 radical (unpaired) electrons. The van der Waals surface area contributed by atoms with Crippen molar-refractivity contribution in [2.75, 3.05) is 13.2 Å². The Kier molecular flexibility index (Phi) is 4.43. The Morgan fingerprint density at radius 1 is 1.50 bits per heavy atom. The van der Waals surface area contributed by atoms with Crippen LogP contribution in [-0.4, -0.2) is 37.0 Å². The highest BCUT2D eigenvalue weighted by molar-refractivity contribution is 7.89. The number of aliphatic hydroxyl groups excluding tert-OH is 1. The molecule has 1 aliphatic rings. The van der Waals surface area contributed by atoms with Crippen molar-refractivity contribution >= 4 is 10.0 Å². The molecule has 20 heavy (non-hydrogen) atoms. The van der Waals surface area contributed by atoms with E-state index in [0.717, 1.165) is 18.9 Å². The molecule has 0 aromatic heterocycles. The van der Waals surface area contributed by atoms with Gasteiger partial charge in [-0.2, -0.15) is 4.31 Å². The van der Waals surface area contributed by atoms with Crippen molar-refractivity contribution in [3.05, 3.63) is 29.6 Å². The van der Waals surface area contributed by atoms with Gasteiger partial charge >= 0.3 is 0 Å². The third kappa shape index (κ3) is 2.85. The molecule has 6 heteroatoms. The average Bonchev–Trinajstić information content (AvgIpc) is 2.84. The van der Waals surface area contributed by atoms with Crippen LogP contribution in [0.1, 0.15) is 25.3 Å². The maximum absolute atomic E-state index is 13.8. The Morgan fingerprint density at radius 2 is 2.25 bits per heavy atom. The third-order valence-electron chi connectivity index (χ3n) is 3.34. The zero-order valence-corrected chi connectivity index (χ0v) is 12.0. The second-order valence-corrected chi connectivity index (χ2v) is 6.60. The minimum absolute atomic E-state index is 0.0571. The first-order valence-corrected chi connectivity index (χ1v) is 7.82. The van der Waals surface area contributed by atoms with Crippen LogP contribution in [0.2, 0.25) is 0 Å². The summed E-state index contributed by atoms with van der Waals surface area (Å²) in [4.78, 5) is -0.0571. The van der Waals surface area contributed by atoms with E-state index in [1.165, 1.54) is 16.4 Å². The summed E-state index contributed by atoms with van der Waals surface area (Å²) < 4.78 is 40.0. The fourth-order valence-corrected chi connectivity index (χ4v) is 4.00. The minimum atomic E-state index is -3.65. The lowest BCUT2D eigenvalue weighted by Gasteiger charge is -2.20. The van der Waals surface area contributed by atoms with Crippen molar-refractivity contribution in [2.24, 2.45) is 0 Å². The summed E-state index contributed by atoms with van der Waals surface area (Å²) in [6, 6.07) is 3.61. The lowest BCUT2D eigenvalue weighted by molar-refractivity contribution is 0.350. The van der Waals surface area contributed by atoms with Crippen molar-refractivity contribution in [1.29, 1.82) is 0 Å². The van der Waals surface area contributed by atoms with Crippen LogP contribution < -0.4 is 0 Å². The Labute approximate surface area is 118 Å². The van der Waals surface area contributed by atoms with E-state index in [4.69, 9.17) is 5.11 Å². The van der Waals surface area contributed by atoms with Crippen molar-refractivity contribution in [2.45, 2.75) is 30.7 Å². The summed E-state index contributed by atoms with van der Waals surface area (Å²) in [7, 11) is -3.65. The van der Waals surface area contributed by atoms with E-state index in [1.54, 1.807) is 0 Å². The van der Waals surface area contributed by atoms with Crippen LogP contribution in [0.4, 0.5) is 4.39 Å². The van der Waals surface area contributed by atoms with Crippen LogP contribution in [-0.2, 0) is 10.0 Å². The molecule has 1 aliphatic heterocycles. The number of rotatable bonds is 2. The van der Waals surface area contributed by atoms with Gasteiger partial charge in [0.1, 0.15) is 12.4 Å². The van der Waals surface area contributed by atoms with Crippen molar-refractivity contribution < 1.29 is 17.9 Å². The standard InChI is InChI=1S/C14H16FNO3S/c1-11-4-2-8-16(11)20(18,19)13-7-6-12(5-3-9-17)14(15)10-13/h6-7,10-11,17H,2,4,8-9H2,1H3. The number of sulfonamides is 1. The molecular formula is C14H16FNO3S. The molecule has 0 spiro atoms. The molecule has 0 aliphatic carbocycles. The molecule has 1 heterocycles. The second-order valence-electron chi connectivity index (χ2n) is 4.71. The lowest BCUT2D eigenvalue weighted by atomic mass is 10.2. The minimum Gasteiger partial charge on any atom is -0.384 e. The maximum atomic E-state index is 13.8. The van der Waals surface area contributed by atoms with Gasteiger partial charge in [0.15, 0.2) is 0 Å². The molecule has 1 aromatic carbocycles. The molecule has 4 nitrogen and oxygen atoms in total. The quantitative estimate of drug-likeness (QED) is 0.838. The van der Waals surface area contributed by atoms with Crippen LogP contribution in [0, 0.1) is 17.7 Å². The summed E-state index contributed by atoms with van der Waals surface area (Å²) in [6.45, 7) is 1.95. The Morgan fingerprint density at radius 3 is 2.80 bits per heavy atom. The van der Waals surface area contributed by atoms with Gasteiger partial charge in [-0.25, -0.2) is 12.8 Å². The van der Waals surface area contributed by atoms with Gasteiger partial charge in [0.25, 0.3) is 0 Å². The zero-order chi connectivity index (χ0) is 14.8. The third-order valence-corrected chi connectivity index (χ3v) is 5.35. The van der Waals surface area contributed by atoms with Gasteiger partial charge in [-0.1, -0.05) is 11.8 Å². The number of hydrogen-bond acceptors (Lipinski definition) is 3. The smallest absolute Gasteiger partial charge is 0.243 e. The van der Waals surface area contributed by atoms with Gasteiger partial charge in [0.05, 0.1) is 10.5 Å². The van der Waals surface area contributed by atoms with Crippen LogP contribution >= 0.6 is 0 Å². The first-order chi connectivity index (χ1) is 9.46. The molecule has 0 bridgehead atoms. The number of benzene rings is 1. The van der Waals surface area contributed by atoms with Gasteiger partial charge in [-0.15, -0.1) is 0 Å². The van der Waals surface area contributed by atoms with E-state index < -0.39 is 15.8 Å². The first-order valence-electron chi connectivity index (χ1n) is 6.38. The fraction of sp³-hybridized carbons (Fsp3) is 0.429. The van der Waals surface area contributed by atoms with Crippen LogP contribution in [0.3, 0.4) is 0 Å². The van der Waals surface area contributed by atoms with E-state index in [0.29, 0.717) is 6.54 Å². The van der Waals surface area contributed by atoms with E-state index in [1.807, 2.05) is 6.92 Å². The molecule has 1 aromatic rings. The predicted octanol–water partition coefficient (Wildman–Crippen LogP) is 1.34. The summed E-state index contributed by atoms with van der Waals surface area (Å²) in [6.07, 6.45) is 1.64. The van der Waals surface area contributed by atoms with E-state index in [2.05, 4.69) is 11.8 Å². The summed E-state index contributed by atoms with van der Waals surface area (Å²) in [5, 5.41) is 8.58. The molecule has 1 unspecified atom stereocenters. The molecule has 2 rings (SSSR count). The second kappa shape index (κ2) is 5.92. The number of aliphatic hydroxyl groups is 1. The highest BCUT2D eigenvalue weighted by Crippen LogP contribution is 2.26. The Bertz CT molecular complexity index is 661. The van der Waals surface area contributed by atoms with E-state index in [-0.39, 0.29) is 23.1 Å². The number of halogens is 1. The van der Waals surface area contributed by atoms with E-state index in [9.17, 15) is 12.8 Å². The molecule has 0 amide bonds. The van der Waals surface area contributed by atoms with Crippen LogP contribution in [0.5, 0.6) is 0 Å². The van der Waals surface area contributed by atoms with Gasteiger partial charge in [-0.3, -0.25) is 0 Å². The zero-order valence-electron chi connectivity index (χ0n) is 11.1. The highest BCUT2D eigenvalue weighted by atomic mass is 32.2. The normalized spacial score (nSPS) is 19.6. The molecule has 108 valence electrons. The van der Waals surface area contributed by atoms with Crippen LogP contribution in [0.25, 0.3) is 0 Å². The van der Waals surface area contributed by atoms with Crippen molar-refractivity contribution in [3.63, 3.8) is 0 Å². The molecule has 1 saturated heterocycles. The topological polar surface area (TPSA) is 57.6 Å². The average molecular weight is 297 g/mol. The molecule has 1 N–H and O–H groups in total. The van der Waals surface area contributed by atoms with Gasteiger partial charge < -0.3 is 5.11 Å². The summed E-state index contributed by atoms with van der Waals surface area (Å²) in [5.41, 5.74) is 0.0764. The number of hydrogen-bond donors (Lipinski definition) is 1. The molecule has 1 fully saturated rings. The Balaban J connectivity index is 2.36. The molecule has 1 atom stereocenters. The van der Waals surface area contributed by atoms with Gasteiger partial charge in [0, 0.05) is 12.6 Å². The maximum Gasteiger partial charge on any atom is 0.243 e. The van der Waals surface area contributed by atoms with Gasteiger partial charge in [0.2, 0.25) is 10.0 Å². The SMILES string of the molecule is CC1CCCN1S(=O)(=O)c1ccc(C#CCO)c(F)c1. The van der Waals surface area contributed by atoms with Gasteiger partial charge in [-0.05, 0) is 38.0 Å². The summed E-state index contributed by atoms with van der Waals surface area (Å²) >= 11 is 0. The predicted molar refractivity (Wildman–Crippen MR) is 73.0 cm³/mol.